The normalized spacial score (nSPS) is 13.8. The van der Waals surface area contributed by atoms with Crippen molar-refractivity contribution < 1.29 is 4.79 Å². The van der Waals surface area contributed by atoms with E-state index in [4.69, 9.17) is 16.6 Å². The Balaban J connectivity index is 1.80. The van der Waals surface area contributed by atoms with E-state index in [1.807, 2.05) is 84.6 Å². The molecule has 1 amide bonds. The maximum atomic E-state index is 13.2. The highest BCUT2D eigenvalue weighted by molar-refractivity contribution is 6.35. The first-order chi connectivity index (χ1) is 13.1. The maximum Gasteiger partial charge on any atom is 0.233 e. The lowest BCUT2D eigenvalue weighted by atomic mass is 10.1. The summed E-state index contributed by atoms with van der Waals surface area (Å²) in [6.45, 7) is 2.54. The van der Waals surface area contributed by atoms with Gasteiger partial charge >= 0.3 is 0 Å². The monoisotopic (exact) mass is 374 g/mol. The third kappa shape index (κ3) is 3.64. The van der Waals surface area contributed by atoms with Gasteiger partial charge in [-0.25, -0.2) is 0 Å². The number of carbonyl (C=O) groups excluding carboxylic acids is 1. The van der Waals surface area contributed by atoms with Crippen molar-refractivity contribution in [1.29, 1.82) is 0 Å². The van der Waals surface area contributed by atoms with Crippen LogP contribution in [0, 0.1) is 6.92 Å². The first kappa shape index (κ1) is 17.5. The van der Waals surface area contributed by atoms with Crippen LogP contribution in [-0.2, 0) is 11.3 Å². The molecule has 0 unspecified atom stereocenters. The number of amides is 1. The van der Waals surface area contributed by atoms with Gasteiger partial charge in [-0.15, -0.1) is 0 Å². The largest absolute Gasteiger partial charge is 0.306 e. The van der Waals surface area contributed by atoms with Crippen molar-refractivity contribution in [2.45, 2.75) is 19.9 Å². The second-order valence-corrected chi connectivity index (χ2v) is 7.08. The van der Waals surface area contributed by atoms with Gasteiger partial charge in [-0.2, -0.15) is 0 Å². The predicted molar refractivity (Wildman–Crippen MR) is 111 cm³/mol. The van der Waals surface area contributed by atoms with Crippen molar-refractivity contribution in [3.05, 3.63) is 94.5 Å². The van der Waals surface area contributed by atoms with Gasteiger partial charge in [0.1, 0.15) is 0 Å². The van der Waals surface area contributed by atoms with Gasteiger partial charge in [0.15, 0.2) is 0 Å². The Morgan fingerprint density at radius 1 is 1.00 bits per heavy atom. The molecule has 27 heavy (non-hydrogen) atoms. The van der Waals surface area contributed by atoms with E-state index in [0.717, 1.165) is 28.1 Å². The number of aliphatic imine (C=N–C) groups is 1. The molecule has 3 aromatic carbocycles. The molecule has 0 fully saturated rings. The van der Waals surface area contributed by atoms with Crippen molar-refractivity contribution in [2.75, 3.05) is 4.90 Å². The molecule has 0 saturated carbocycles. The minimum atomic E-state index is 0.0156. The Morgan fingerprint density at radius 2 is 1.74 bits per heavy atom. The smallest absolute Gasteiger partial charge is 0.233 e. The fraction of sp³-hybridized carbons (Fsp3) is 0.130. The summed E-state index contributed by atoms with van der Waals surface area (Å²) in [5, 5.41) is 0.606. The zero-order valence-electron chi connectivity index (χ0n) is 15.0. The highest BCUT2D eigenvalue weighted by Crippen LogP contribution is 2.35. The van der Waals surface area contributed by atoms with Crippen LogP contribution in [0.4, 0.5) is 11.4 Å². The average Bonchev–Trinajstić information content (AvgIpc) is 2.80. The minimum Gasteiger partial charge on any atom is -0.306 e. The molecule has 0 radical (unpaired) electrons. The topological polar surface area (TPSA) is 32.7 Å². The summed E-state index contributed by atoms with van der Waals surface area (Å²) < 4.78 is 0. The molecular weight excluding hydrogens is 356 g/mol. The number of hydrogen-bond acceptors (Lipinski definition) is 2. The molecule has 0 saturated heterocycles. The van der Waals surface area contributed by atoms with Gasteiger partial charge in [0.25, 0.3) is 0 Å². The average molecular weight is 375 g/mol. The van der Waals surface area contributed by atoms with Crippen LogP contribution in [-0.4, -0.2) is 11.6 Å². The Hall–Kier alpha value is -2.91. The van der Waals surface area contributed by atoms with E-state index < -0.39 is 0 Å². The van der Waals surface area contributed by atoms with Gasteiger partial charge in [-0.3, -0.25) is 9.79 Å². The van der Waals surface area contributed by atoms with Crippen molar-refractivity contribution in [1.82, 2.24) is 0 Å². The Morgan fingerprint density at radius 3 is 2.52 bits per heavy atom. The molecule has 0 aliphatic carbocycles. The van der Waals surface area contributed by atoms with Crippen molar-refractivity contribution in [3.8, 4) is 0 Å². The number of anilines is 1. The summed E-state index contributed by atoms with van der Waals surface area (Å²) in [5.74, 6) is 0.0156. The summed E-state index contributed by atoms with van der Waals surface area (Å²) in [6.07, 6.45) is 0.213. The quantitative estimate of drug-likeness (QED) is 0.578. The number of halogens is 1. The lowest BCUT2D eigenvalue weighted by Gasteiger charge is -2.23. The second kappa shape index (κ2) is 7.37. The number of rotatable bonds is 3. The van der Waals surface area contributed by atoms with E-state index >= 15 is 0 Å². The molecule has 134 valence electrons. The van der Waals surface area contributed by atoms with E-state index in [9.17, 15) is 4.79 Å². The Kier molecular flexibility index (Phi) is 4.78. The summed E-state index contributed by atoms with van der Waals surface area (Å²) in [4.78, 5) is 19.8. The van der Waals surface area contributed by atoms with Gasteiger partial charge in [0.05, 0.1) is 30.1 Å². The first-order valence-electron chi connectivity index (χ1n) is 8.89. The SMILES string of the molecule is Cc1ccc2c(c1)N(Cc1ccccc1)C(=O)CC(c1ccccc1Cl)=N2. The molecule has 1 heterocycles. The van der Waals surface area contributed by atoms with Crippen LogP contribution in [0.5, 0.6) is 0 Å². The number of aryl methyl sites for hydroxylation is 1. The molecule has 3 nitrogen and oxygen atoms in total. The number of benzene rings is 3. The molecule has 4 rings (SSSR count). The zero-order valence-corrected chi connectivity index (χ0v) is 15.8. The second-order valence-electron chi connectivity index (χ2n) is 6.67. The molecular formula is C23H19ClN2O. The standard InChI is InChI=1S/C23H19ClN2O/c1-16-11-12-20-22(13-16)26(15-17-7-3-2-4-8-17)23(27)14-21(25-20)18-9-5-6-10-19(18)24/h2-13H,14-15H2,1H3. The Labute approximate surface area is 163 Å². The number of nitrogens with zero attached hydrogens (tertiary/aromatic N) is 2. The molecule has 0 aromatic heterocycles. The van der Waals surface area contributed by atoms with Crippen LogP contribution in [0.3, 0.4) is 0 Å². The van der Waals surface area contributed by atoms with Crippen LogP contribution in [0.2, 0.25) is 5.02 Å². The molecule has 1 aliphatic heterocycles. The van der Waals surface area contributed by atoms with Gasteiger partial charge in [-0.1, -0.05) is 66.2 Å². The van der Waals surface area contributed by atoms with E-state index in [0.29, 0.717) is 17.3 Å². The fourth-order valence-corrected chi connectivity index (χ4v) is 3.54. The van der Waals surface area contributed by atoms with Crippen LogP contribution in [0.15, 0.2) is 77.8 Å². The Bertz CT molecular complexity index is 1030. The third-order valence-electron chi connectivity index (χ3n) is 4.67. The summed E-state index contributed by atoms with van der Waals surface area (Å²) in [6, 6.07) is 23.6. The summed E-state index contributed by atoms with van der Waals surface area (Å²) in [7, 11) is 0. The number of carbonyl (C=O) groups is 1. The van der Waals surface area contributed by atoms with Gasteiger partial charge in [0.2, 0.25) is 5.91 Å². The van der Waals surface area contributed by atoms with Crippen molar-refractivity contribution in [3.63, 3.8) is 0 Å². The lowest BCUT2D eigenvalue weighted by molar-refractivity contribution is -0.117. The van der Waals surface area contributed by atoms with Gasteiger partial charge < -0.3 is 4.90 Å². The van der Waals surface area contributed by atoms with Crippen molar-refractivity contribution >= 4 is 34.6 Å². The molecule has 0 N–H and O–H groups in total. The first-order valence-corrected chi connectivity index (χ1v) is 9.27. The summed E-state index contributed by atoms with van der Waals surface area (Å²) >= 11 is 6.37. The molecule has 1 aliphatic rings. The predicted octanol–water partition coefficient (Wildman–Crippen LogP) is 5.71. The number of fused-ring (bicyclic) bond motifs is 1. The minimum absolute atomic E-state index is 0.0156. The third-order valence-corrected chi connectivity index (χ3v) is 4.99. The van der Waals surface area contributed by atoms with E-state index in [1.165, 1.54) is 0 Å². The van der Waals surface area contributed by atoms with E-state index in [2.05, 4.69) is 0 Å². The van der Waals surface area contributed by atoms with Crippen LogP contribution < -0.4 is 4.90 Å². The van der Waals surface area contributed by atoms with Crippen molar-refractivity contribution in [2.24, 2.45) is 4.99 Å². The fourth-order valence-electron chi connectivity index (χ4n) is 3.29. The molecule has 0 atom stereocenters. The lowest BCUT2D eigenvalue weighted by Crippen LogP contribution is -2.31. The molecule has 0 bridgehead atoms. The molecule has 0 spiro atoms. The zero-order chi connectivity index (χ0) is 18.8. The van der Waals surface area contributed by atoms with Crippen LogP contribution >= 0.6 is 11.6 Å². The molecule has 4 heteroatoms. The van der Waals surface area contributed by atoms with Gasteiger partial charge in [0, 0.05) is 10.6 Å². The highest BCUT2D eigenvalue weighted by atomic mass is 35.5. The van der Waals surface area contributed by atoms with Gasteiger partial charge in [-0.05, 0) is 36.2 Å². The molecule has 3 aromatic rings. The van der Waals surface area contributed by atoms with E-state index in [-0.39, 0.29) is 12.3 Å². The maximum absolute atomic E-state index is 13.2. The summed E-state index contributed by atoms with van der Waals surface area (Å²) in [5.41, 5.74) is 5.31. The highest BCUT2D eigenvalue weighted by Gasteiger charge is 2.26. The number of hydrogen-bond donors (Lipinski definition) is 0. The van der Waals surface area contributed by atoms with Crippen LogP contribution in [0.25, 0.3) is 0 Å². The van der Waals surface area contributed by atoms with E-state index in [1.54, 1.807) is 0 Å². The van der Waals surface area contributed by atoms with Crippen LogP contribution in [0.1, 0.15) is 23.1 Å².